The lowest BCUT2D eigenvalue weighted by Gasteiger charge is -2.12. The van der Waals surface area contributed by atoms with Crippen LogP contribution in [0.1, 0.15) is 19.4 Å². The number of amides is 2. The summed E-state index contributed by atoms with van der Waals surface area (Å²) in [5, 5.41) is 10.9. The molecule has 0 aliphatic carbocycles. The number of nitrogens with zero attached hydrogens (tertiary/aromatic N) is 4. The second-order valence-corrected chi connectivity index (χ2v) is 6.98. The van der Waals surface area contributed by atoms with E-state index in [1.807, 2.05) is 30.5 Å². The van der Waals surface area contributed by atoms with Gasteiger partial charge in [0.15, 0.2) is 0 Å². The van der Waals surface area contributed by atoms with Gasteiger partial charge in [-0.2, -0.15) is 5.10 Å². The molecule has 2 amide bonds. The fourth-order valence-corrected chi connectivity index (χ4v) is 3.20. The molecule has 0 saturated carbocycles. The third-order valence-corrected chi connectivity index (χ3v) is 4.91. The number of aromatic nitrogens is 4. The molecule has 0 saturated heterocycles. The van der Waals surface area contributed by atoms with Gasteiger partial charge >= 0.3 is 0 Å². The summed E-state index contributed by atoms with van der Waals surface area (Å²) >= 11 is 0. The molecule has 2 aromatic heterocycles. The second kappa shape index (κ2) is 8.60. The monoisotopic (exact) mass is 402 g/mol. The summed E-state index contributed by atoms with van der Waals surface area (Å²) in [5.41, 5.74) is 2.44. The van der Waals surface area contributed by atoms with Crippen molar-refractivity contribution in [3.8, 4) is 0 Å². The second-order valence-electron chi connectivity index (χ2n) is 6.98. The summed E-state index contributed by atoms with van der Waals surface area (Å²) in [5.74, 6) is -0.263. The first-order valence-electron chi connectivity index (χ1n) is 9.69. The van der Waals surface area contributed by atoms with Crippen LogP contribution in [0.3, 0.4) is 0 Å². The average Bonchev–Trinajstić information content (AvgIpc) is 3.43. The molecule has 0 radical (unpaired) electrons. The Morgan fingerprint density at radius 2 is 1.73 bits per heavy atom. The number of hydrogen-bond donors (Lipinski definition) is 2. The van der Waals surface area contributed by atoms with Crippen LogP contribution in [-0.4, -0.2) is 31.1 Å². The minimum absolute atomic E-state index is 0.0654. The van der Waals surface area contributed by atoms with Gasteiger partial charge in [-0.15, -0.1) is 0 Å². The van der Waals surface area contributed by atoms with Gasteiger partial charge in [-0.1, -0.05) is 18.2 Å². The highest BCUT2D eigenvalue weighted by Crippen LogP contribution is 2.17. The molecule has 2 heterocycles. The zero-order chi connectivity index (χ0) is 20.9. The van der Waals surface area contributed by atoms with E-state index in [1.54, 1.807) is 31.2 Å². The normalized spacial score (nSPS) is 11.9. The molecule has 0 bridgehead atoms. The van der Waals surface area contributed by atoms with Crippen molar-refractivity contribution in [2.45, 2.75) is 25.9 Å². The number of fused-ring (bicyclic) bond motifs is 1. The number of hydrogen-bond acceptors (Lipinski definition) is 4. The van der Waals surface area contributed by atoms with E-state index in [0.29, 0.717) is 24.3 Å². The van der Waals surface area contributed by atoms with Crippen LogP contribution in [0.4, 0.5) is 11.4 Å². The lowest BCUT2D eigenvalue weighted by molar-refractivity contribution is -0.119. The van der Waals surface area contributed by atoms with Crippen LogP contribution in [0.2, 0.25) is 0 Å². The first kappa shape index (κ1) is 19.4. The quantitative estimate of drug-likeness (QED) is 0.495. The number of carbonyl (C=O) groups excluding carboxylic acids is 2. The minimum Gasteiger partial charge on any atom is -0.347 e. The zero-order valence-electron chi connectivity index (χ0n) is 16.5. The molecule has 2 aromatic carbocycles. The number of aryl methyl sites for hydroxylation is 1. The summed E-state index contributed by atoms with van der Waals surface area (Å²) in [6.45, 7) is 2.35. The first-order valence-corrected chi connectivity index (χ1v) is 9.69. The van der Waals surface area contributed by atoms with E-state index < -0.39 is 6.04 Å². The van der Waals surface area contributed by atoms with Gasteiger partial charge in [0, 0.05) is 36.1 Å². The molecule has 4 rings (SSSR count). The van der Waals surface area contributed by atoms with Gasteiger partial charge in [-0.05, 0) is 48.7 Å². The fraction of sp³-hybridized carbons (Fsp3) is 0.182. The van der Waals surface area contributed by atoms with Crippen LogP contribution in [0.25, 0.3) is 10.9 Å². The van der Waals surface area contributed by atoms with Gasteiger partial charge in [0.05, 0.1) is 0 Å². The van der Waals surface area contributed by atoms with E-state index in [0.717, 1.165) is 10.9 Å². The van der Waals surface area contributed by atoms with Crippen LogP contribution in [0.5, 0.6) is 0 Å². The van der Waals surface area contributed by atoms with Gasteiger partial charge in [0.2, 0.25) is 11.8 Å². The Bertz CT molecular complexity index is 1150. The molecule has 0 spiro atoms. The van der Waals surface area contributed by atoms with Crippen molar-refractivity contribution >= 4 is 34.1 Å². The largest absolute Gasteiger partial charge is 0.347 e. The molecule has 152 valence electrons. The number of benzene rings is 2. The molecule has 0 aliphatic heterocycles. The topological polar surface area (TPSA) is 93.8 Å². The van der Waals surface area contributed by atoms with Crippen molar-refractivity contribution in [2.75, 3.05) is 10.6 Å². The molecule has 8 nitrogen and oxygen atoms in total. The lowest BCUT2D eigenvalue weighted by atomic mass is 10.2. The smallest absolute Gasteiger partial charge is 0.249 e. The molecule has 4 aromatic rings. The molecule has 0 fully saturated rings. The predicted octanol–water partition coefficient (Wildman–Crippen LogP) is 3.46. The Labute approximate surface area is 173 Å². The van der Waals surface area contributed by atoms with E-state index in [2.05, 4.69) is 31.3 Å². The lowest BCUT2D eigenvalue weighted by Crippen LogP contribution is -2.24. The molecule has 1 unspecified atom stereocenters. The van der Waals surface area contributed by atoms with Crippen LogP contribution < -0.4 is 10.6 Å². The van der Waals surface area contributed by atoms with Gasteiger partial charge in [0.1, 0.15) is 18.7 Å². The number of rotatable bonds is 7. The van der Waals surface area contributed by atoms with E-state index >= 15 is 0 Å². The Balaban J connectivity index is 1.29. The van der Waals surface area contributed by atoms with Crippen molar-refractivity contribution < 1.29 is 9.59 Å². The summed E-state index contributed by atoms with van der Waals surface area (Å²) in [7, 11) is 0. The Morgan fingerprint density at radius 3 is 2.47 bits per heavy atom. The molecular formula is C22H22N6O2. The number of nitrogens with one attached hydrogen (secondary N) is 2. The highest BCUT2D eigenvalue weighted by molar-refractivity contribution is 5.94. The molecule has 0 aliphatic rings. The summed E-state index contributed by atoms with van der Waals surface area (Å²) < 4.78 is 3.56. The fourth-order valence-electron chi connectivity index (χ4n) is 3.20. The van der Waals surface area contributed by atoms with Gasteiger partial charge < -0.3 is 15.2 Å². The van der Waals surface area contributed by atoms with Crippen LogP contribution in [0, 0.1) is 0 Å². The Morgan fingerprint density at radius 1 is 1.00 bits per heavy atom. The van der Waals surface area contributed by atoms with E-state index in [4.69, 9.17) is 0 Å². The third-order valence-electron chi connectivity index (χ3n) is 4.91. The van der Waals surface area contributed by atoms with Gasteiger partial charge in [-0.25, -0.2) is 9.67 Å². The first-order chi connectivity index (χ1) is 14.6. The molecule has 2 N–H and O–H groups in total. The third kappa shape index (κ3) is 4.38. The molecular weight excluding hydrogens is 380 g/mol. The predicted molar refractivity (Wildman–Crippen MR) is 115 cm³/mol. The number of anilines is 2. The molecule has 1 atom stereocenters. The SMILES string of the molecule is CC(C(=O)Nc1ccc(NC(=O)CCn2ccc3ccccc32)cc1)n1cncn1. The van der Waals surface area contributed by atoms with Crippen molar-refractivity contribution in [1.82, 2.24) is 19.3 Å². The van der Waals surface area contributed by atoms with Crippen LogP contribution in [-0.2, 0) is 16.1 Å². The van der Waals surface area contributed by atoms with Crippen molar-refractivity contribution in [3.63, 3.8) is 0 Å². The maximum atomic E-state index is 12.3. The van der Waals surface area contributed by atoms with Crippen molar-refractivity contribution in [2.24, 2.45) is 0 Å². The zero-order valence-corrected chi connectivity index (χ0v) is 16.5. The summed E-state index contributed by atoms with van der Waals surface area (Å²) in [4.78, 5) is 28.5. The molecule has 8 heteroatoms. The Kier molecular flexibility index (Phi) is 5.56. The minimum atomic E-state index is -0.475. The highest BCUT2D eigenvalue weighted by Gasteiger charge is 2.15. The van der Waals surface area contributed by atoms with Crippen LogP contribution >= 0.6 is 0 Å². The van der Waals surface area contributed by atoms with Crippen LogP contribution in [0.15, 0.2) is 73.4 Å². The average molecular weight is 402 g/mol. The van der Waals surface area contributed by atoms with E-state index in [1.165, 1.54) is 17.3 Å². The highest BCUT2D eigenvalue weighted by atomic mass is 16.2. The maximum Gasteiger partial charge on any atom is 0.249 e. The number of para-hydroxylation sites is 1. The molecule has 30 heavy (non-hydrogen) atoms. The van der Waals surface area contributed by atoms with Gasteiger partial charge in [-0.3, -0.25) is 9.59 Å². The van der Waals surface area contributed by atoms with E-state index in [-0.39, 0.29) is 11.8 Å². The number of carbonyl (C=O) groups is 2. The van der Waals surface area contributed by atoms with Crippen molar-refractivity contribution in [3.05, 3.63) is 73.4 Å². The van der Waals surface area contributed by atoms with Gasteiger partial charge in [0.25, 0.3) is 0 Å². The van der Waals surface area contributed by atoms with E-state index in [9.17, 15) is 9.59 Å². The summed E-state index contributed by atoms with van der Waals surface area (Å²) in [6.07, 6.45) is 5.25. The summed E-state index contributed by atoms with van der Waals surface area (Å²) in [6, 6.07) is 16.7. The standard InChI is InChI=1S/C22H22N6O2/c1-16(28-15-23-14-24-28)22(30)26-19-8-6-18(7-9-19)25-21(29)11-13-27-12-10-17-4-2-3-5-20(17)27/h2-10,12,14-16H,11,13H2,1H3,(H,25,29)(H,26,30). The maximum absolute atomic E-state index is 12.3. The van der Waals surface area contributed by atoms with Crippen molar-refractivity contribution in [1.29, 1.82) is 0 Å². The Hall–Kier alpha value is -3.94.